The molecule has 0 aliphatic heterocycles. The van der Waals surface area contributed by atoms with Gasteiger partial charge in [0.2, 0.25) is 0 Å². The van der Waals surface area contributed by atoms with E-state index < -0.39 is 0 Å². The number of fused-ring (bicyclic) bond motifs is 2. The number of unbranched alkanes of at least 4 members (excludes halogenated alkanes) is 1. The van der Waals surface area contributed by atoms with E-state index in [0.717, 1.165) is 35.5 Å². The van der Waals surface area contributed by atoms with Crippen LogP contribution in [0.5, 0.6) is 0 Å². The van der Waals surface area contributed by atoms with Crippen LogP contribution in [0.4, 0.5) is 0 Å². The molecule has 0 bridgehead atoms. The molecule has 0 saturated heterocycles. The fourth-order valence-corrected chi connectivity index (χ4v) is 5.98. The van der Waals surface area contributed by atoms with Gasteiger partial charge in [0.05, 0.1) is 0 Å². The first-order chi connectivity index (χ1) is 9.30. The molecule has 3 aliphatic carbocycles. The number of hydrogen-bond acceptors (Lipinski definition) is 0. The monoisotopic (exact) mass is 262 g/mol. The summed E-state index contributed by atoms with van der Waals surface area (Å²) in [5, 5.41) is 0. The second kappa shape index (κ2) is 6.19. The largest absolute Gasteiger partial charge is 0.0654 e. The van der Waals surface area contributed by atoms with Crippen molar-refractivity contribution in [2.45, 2.75) is 84.5 Å². The van der Waals surface area contributed by atoms with Crippen molar-refractivity contribution in [3.63, 3.8) is 0 Å². The SMILES string of the molecule is CCCCC1CC2CC3CC(CCC)CC3CC2C1. The average Bonchev–Trinajstić information content (AvgIpc) is 2.95. The number of hydrogen-bond donors (Lipinski definition) is 0. The van der Waals surface area contributed by atoms with Gasteiger partial charge in [-0.15, -0.1) is 0 Å². The molecule has 0 heteroatoms. The van der Waals surface area contributed by atoms with E-state index in [2.05, 4.69) is 13.8 Å². The Bertz CT molecular complexity index is 260. The molecule has 0 heterocycles. The molecule has 0 spiro atoms. The fourth-order valence-electron chi connectivity index (χ4n) is 5.98. The molecule has 4 atom stereocenters. The van der Waals surface area contributed by atoms with Gasteiger partial charge in [-0.1, -0.05) is 46.0 Å². The molecule has 0 aromatic rings. The van der Waals surface area contributed by atoms with E-state index in [-0.39, 0.29) is 0 Å². The van der Waals surface area contributed by atoms with Gasteiger partial charge in [-0.3, -0.25) is 0 Å². The maximum Gasteiger partial charge on any atom is -0.0380 e. The Labute approximate surface area is 120 Å². The van der Waals surface area contributed by atoms with Crippen LogP contribution >= 0.6 is 0 Å². The van der Waals surface area contributed by atoms with Gasteiger partial charge in [0.15, 0.2) is 0 Å². The van der Waals surface area contributed by atoms with Crippen LogP contribution in [0.2, 0.25) is 0 Å². The highest BCUT2D eigenvalue weighted by molar-refractivity contribution is 4.96. The predicted octanol–water partition coefficient (Wildman–Crippen LogP) is 6.06. The lowest BCUT2D eigenvalue weighted by Crippen LogP contribution is -2.25. The lowest BCUT2D eigenvalue weighted by molar-refractivity contribution is 0.157. The van der Waals surface area contributed by atoms with Crippen LogP contribution < -0.4 is 0 Å². The molecule has 4 unspecified atom stereocenters. The van der Waals surface area contributed by atoms with Gasteiger partial charge in [-0.05, 0) is 74.0 Å². The Morgan fingerprint density at radius 2 is 1.05 bits per heavy atom. The predicted molar refractivity (Wildman–Crippen MR) is 83.1 cm³/mol. The summed E-state index contributed by atoms with van der Waals surface area (Å²) in [6, 6.07) is 0. The van der Waals surface area contributed by atoms with Gasteiger partial charge in [0.1, 0.15) is 0 Å². The summed E-state index contributed by atoms with van der Waals surface area (Å²) in [4.78, 5) is 0. The van der Waals surface area contributed by atoms with Crippen LogP contribution in [-0.4, -0.2) is 0 Å². The quantitative estimate of drug-likeness (QED) is 0.565. The molecule has 3 aliphatic rings. The van der Waals surface area contributed by atoms with E-state index in [1.54, 1.807) is 38.5 Å². The van der Waals surface area contributed by atoms with Gasteiger partial charge in [-0.25, -0.2) is 0 Å². The topological polar surface area (TPSA) is 0 Å². The molecule has 19 heavy (non-hydrogen) atoms. The van der Waals surface area contributed by atoms with E-state index in [0.29, 0.717) is 0 Å². The minimum absolute atomic E-state index is 1.11. The maximum atomic E-state index is 2.37. The van der Waals surface area contributed by atoms with Crippen molar-refractivity contribution in [1.82, 2.24) is 0 Å². The third kappa shape index (κ3) is 3.03. The van der Waals surface area contributed by atoms with Crippen LogP contribution in [0.15, 0.2) is 0 Å². The summed E-state index contributed by atoms with van der Waals surface area (Å²) in [5.74, 6) is 6.78. The Hall–Kier alpha value is 0. The van der Waals surface area contributed by atoms with Crippen LogP contribution in [0.25, 0.3) is 0 Å². The molecular formula is C19H34. The smallest absolute Gasteiger partial charge is 0.0380 e. The molecule has 0 aromatic carbocycles. The summed E-state index contributed by atoms with van der Waals surface area (Å²) in [6.07, 6.45) is 17.0. The van der Waals surface area contributed by atoms with Crippen molar-refractivity contribution in [2.75, 3.05) is 0 Å². The molecule has 3 saturated carbocycles. The maximum absolute atomic E-state index is 2.37. The summed E-state index contributed by atoms with van der Waals surface area (Å²) in [7, 11) is 0. The van der Waals surface area contributed by atoms with Gasteiger partial charge < -0.3 is 0 Å². The van der Waals surface area contributed by atoms with Gasteiger partial charge in [-0.2, -0.15) is 0 Å². The third-order valence-electron chi connectivity index (χ3n) is 6.75. The first kappa shape index (κ1) is 14.0. The van der Waals surface area contributed by atoms with Crippen molar-refractivity contribution in [1.29, 1.82) is 0 Å². The van der Waals surface area contributed by atoms with E-state index in [4.69, 9.17) is 0 Å². The van der Waals surface area contributed by atoms with Crippen molar-refractivity contribution in [3.05, 3.63) is 0 Å². The van der Waals surface area contributed by atoms with Gasteiger partial charge >= 0.3 is 0 Å². The second-order valence-electron chi connectivity index (χ2n) is 8.12. The Morgan fingerprint density at radius 1 is 0.579 bits per heavy atom. The van der Waals surface area contributed by atoms with Crippen molar-refractivity contribution in [3.8, 4) is 0 Å². The lowest BCUT2D eigenvalue weighted by Gasteiger charge is -2.34. The fraction of sp³-hybridized carbons (Fsp3) is 1.00. The van der Waals surface area contributed by atoms with E-state index in [9.17, 15) is 0 Å². The minimum Gasteiger partial charge on any atom is -0.0654 e. The standard InChI is InChI=1S/C19H34/c1-3-5-7-15-10-18-12-16-8-14(6-4-2)9-17(16)13-19(18)11-15/h14-19H,3-13H2,1-2H3. The zero-order valence-electron chi connectivity index (χ0n) is 13.2. The highest BCUT2D eigenvalue weighted by Crippen LogP contribution is 2.56. The third-order valence-corrected chi connectivity index (χ3v) is 6.75. The molecular weight excluding hydrogens is 228 g/mol. The van der Waals surface area contributed by atoms with E-state index in [1.807, 2.05) is 0 Å². The Balaban J connectivity index is 1.52. The highest BCUT2D eigenvalue weighted by Gasteiger charge is 2.45. The highest BCUT2D eigenvalue weighted by atomic mass is 14.5. The molecule has 0 N–H and O–H groups in total. The van der Waals surface area contributed by atoms with Crippen molar-refractivity contribution in [2.24, 2.45) is 35.5 Å². The summed E-state index contributed by atoms with van der Waals surface area (Å²) in [6.45, 7) is 4.72. The molecule has 0 aromatic heterocycles. The molecule has 3 fully saturated rings. The zero-order valence-corrected chi connectivity index (χ0v) is 13.2. The minimum atomic E-state index is 1.11. The normalized spacial score (nSPS) is 45.2. The van der Waals surface area contributed by atoms with Crippen LogP contribution in [0, 0.1) is 35.5 Å². The van der Waals surface area contributed by atoms with Crippen LogP contribution in [0.1, 0.15) is 84.5 Å². The summed E-state index contributed by atoms with van der Waals surface area (Å²) >= 11 is 0. The van der Waals surface area contributed by atoms with Crippen molar-refractivity contribution < 1.29 is 0 Å². The van der Waals surface area contributed by atoms with Crippen LogP contribution in [-0.2, 0) is 0 Å². The summed E-state index contributed by atoms with van der Waals surface area (Å²) < 4.78 is 0. The lowest BCUT2D eigenvalue weighted by atomic mass is 9.71. The Kier molecular flexibility index (Phi) is 4.54. The average molecular weight is 262 g/mol. The van der Waals surface area contributed by atoms with E-state index in [1.165, 1.54) is 32.1 Å². The molecule has 110 valence electrons. The molecule has 0 amide bonds. The first-order valence-electron chi connectivity index (χ1n) is 9.30. The second-order valence-corrected chi connectivity index (χ2v) is 8.12. The first-order valence-corrected chi connectivity index (χ1v) is 9.30. The molecule has 0 radical (unpaired) electrons. The molecule has 0 nitrogen and oxygen atoms in total. The van der Waals surface area contributed by atoms with Crippen molar-refractivity contribution >= 4 is 0 Å². The van der Waals surface area contributed by atoms with E-state index >= 15 is 0 Å². The molecule has 3 rings (SSSR count). The van der Waals surface area contributed by atoms with Crippen LogP contribution in [0.3, 0.4) is 0 Å². The zero-order chi connectivity index (χ0) is 13.2. The Morgan fingerprint density at radius 3 is 1.47 bits per heavy atom. The van der Waals surface area contributed by atoms with Gasteiger partial charge in [0, 0.05) is 0 Å². The van der Waals surface area contributed by atoms with Gasteiger partial charge in [0.25, 0.3) is 0 Å². The number of rotatable bonds is 5. The summed E-state index contributed by atoms with van der Waals surface area (Å²) in [5.41, 5.74) is 0.